The molecule has 1 fully saturated rings. The van der Waals surface area contributed by atoms with Gasteiger partial charge < -0.3 is 19.4 Å². The van der Waals surface area contributed by atoms with Gasteiger partial charge in [0.25, 0.3) is 5.91 Å². The van der Waals surface area contributed by atoms with Crippen LogP contribution in [0, 0.1) is 5.92 Å². The van der Waals surface area contributed by atoms with Gasteiger partial charge in [0.1, 0.15) is 5.75 Å². The van der Waals surface area contributed by atoms with Gasteiger partial charge in [-0.25, -0.2) is 0 Å². The Hall–Kier alpha value is -3.83. The zero-order valence-corrected chi connectivity index (χ0v) is 25.9. The number of hydrogen-bond donors (Lipinski definition) is 2. The predicted octanol–water partition coefficient (Wildman–Crippen LogP) is 4.98. The molecule has 9 nitrogen and oxygen atoms in total. The number of para-hydroxylation sites is 1. The highest BCUT2D eigenvalue weighted by Crippen LogP contribution is 2.61. The molecule has 6 rings (SSSR count). The van der Waals surface area contributed by atoms with E-state index in [0.29, 0.717) is 24.4 Å². The van der Waals surface area contributed by atoms with Crippen molar-refractivity contribution in [1.82, 2.24) is 15.0 Å². The summed E-state index contributed by atoms with van der Waals surface area (Å²) >= 11 is 0. The number of anilines is 2. The molecular weight excluding hydrogens is 560 g/mol. The van der Waals surface area contributed by atoms with Crippen LogP contribution in [0.15, 0.2) is 85.1 Å². The number of benzene rings is 3. The molecule has 2 N–H and O–H groups in total. The molecule has 1 spiro atoms. The van der Waals surface area contributed by atoms with E-state index in [-0.39, 0.29) is 29.9 Å². The molecule has 2 aliphatic heterocycles. The molecular formula is C33H38N4O5Si. The Morgan fingerprint density at radius 2 is 1.77 bits per heavy atom. The van der Waals surface area contributed by atoms with Crippen LogP contribution in [0.2, 0.25) is 18.6 Å². The molecule has 1 unspecified atom stereocenters. The molecule has 3 aromatic carbocycles. The van der Waals surface area contributed by atoms with E-state index < -0.39 is 20.0 Å². The smallest absolute Gasteiger partial charge is 0.268 e. The SMILES string of the molecule is COc1ccc2c(c1)[C@]1(O[C@@H](CCn3cc(C(CO)c4ccccc4)nn3)[C@H]([Si](C)(C)O)[C@H]1C)C(=O)N2c1ccccc1. The van der Waals surface area contributed by atoms with Gasteiger partial charge in [0, 0.05) is 35.5 Å². The van der Waals surface area contributed by atoms with Gasteiger partial charge >= 0.3 is 0 Å². The number of hydrogen-bond acceptors (Lipinski definition) is 7. The van der Waals surface area contributed by atoms with Crippen LogP contribution in [0.4, 0.5) is 11.4 Å². The van der Waals surface area contributed by atoms with Gasteiger partial charge in [-0.15, -0.1) is 5.10 Å². The fourth-order valence-electron chi connectivity index (χ4n) is 7.11. The van der Waals surface area contributed by atoms with Gasteiger partial charge in [0.15, 0.2) is 13.9 Å². The van der Waals surface area contributed by atoms with Crippen molar-refractivity contribution in [1.29, 1.82) is 0 Å². The predicted molar refractivity (Wildman–Crippen MR) is 166 cm³/mol. The van der Waals surface area contributed by atoms with Crippen molar-refractivity contribution >= 4 is 25.6 Å². The number of carbonyl (C=O) groups excluding carboxylic acids is 1. The third-order valence-electron chi connectivity index (χ3n) is 9.05. The Morgan fingerprint density at radius 3 is 2.42 bits per heavy atom. The minimum atomic E-state index is -2.82. The first-order valence-electron chi connectivity index (χ1n) is 14.7. The highest BCUT2D eigenvalue weighted by atomic mass is 28.4. The first kappa shape index (κ1) is 29.2. The van der Waals surface area contributed by atoms with Gasteiger partial charge in [0.2, 0.25) is 0 Å². The zero-order valence-electron chi connectivity index (χ0n) is 24.9. The summed E-state index contributed by atoms with van der Waals surface area (Å²) in [6.45, 7) is 6.28. The monoisotopic (exact) mass is 598 g/mol. The lowest BCUT2D eigenvalue weighted by Crippen LogP contribution is -2.45. The summed E-state index contributed by atoms with van der Waals surface area (Å²) in [4.78, 5) is 27.9. The second kappa shape index (κ2) is 11.3. The van der Waals surface area contributed by atoms with Gasteiger partial charge in [-0.1, -0.05) is 60.7 Å². The van der Waals surface area contributed by atoms with Gasteiger partial charge in [0.05, 0.1) is 37.1 Å². The highest BCUT2D eigenvalue weighted by Gasteiger charge is 2.66. The molecule has 2 aliphatic rings. The number of methoxy groups -OCH3 is 1. The minimum Gasteiger partial charge on any atom is -0.497 e. The molecule has 3 heterocycles. The van der Waals surface area contributed by atoms with Crippen LogP contribution in [0.3, 0.4) is 0 Å². The Bertz CT molecular complexity index is 1590. The highest BCUT2D eigenvalue weighted by molar-refractivity contribution is 6.71. The average Bonchev–Trinajstić information content (AvgIpc) is 3.66. The number of aliphatic hydroxyl groups excluding tert-OH is 1. The molecule has 10 heteroatoms. The first-order chi connectivity index (χ1) is 20.7. The minimum absolute atomic E-state index is 0.0796. The van der Waals surface area contributed by atoms with E-state index in [0.717, 1.165) is 22.5 Å². The van der Waals surface area contributed by atoms with Crippen molar-refractivity contribution in [2.45, 2.75) is 56.1 Å². The lowest BCUT2D eigenvalue weighted by atomic mass is 9.82. The molecule has 5 atom stereocenters. The molecule has 43 heavy (non-hydrogen) atoms. The number of aryl methyl sites for hydroxylation is 1. The molecule has 1 amide bonds. The Morgan fingerprint density at radius 1 is 1.07 bits per heavy atom. The van der Waals surface area contributed by atoms with Crippen LogP contribution in [-0.4, -0.2) is 58.9 Å². The Labute approximate surface area is 252 Å². The number of fused-ring (bicyclic) bond motifs is 2. The third-order valence-corrected chi connectivity index (χ3v) is 11.6. The molecule has 0 radical (unpaired) electrons. The van der Waals surface area contributed by atoms with E-state index in [1.165, 1.54) is 0 Å². The van der Waals surface area contributed by atoms with Crippen molar-refractivity contribution < 1.29 is 24.2 Å². The number of aromatic nitrogens is 3. The molecule has 224 valence electrons. The van der Waals surface area contributed by atoms with E-state index in [2.05, 4.69) is 10.3 Å². The molecule has 4 aromatic rings. The number of nitrogens with zero attached hydrogens (tertiary/aromatic N) is 4. The fourth-order valence-corrected chi connectivity index (χ4v) is 9.71. The van der Waals surface area contributed by atoms with Crippen molar-refractivity contribution in [3.63, 3.8) is 0 Å². The quantitative estimate of drug-likeness (QED) is 0.262. The Kier molecular flexibility index (Phi) is 7.72. The second-order valence-corrected chi connectivity index (χ2v) is 16.0. The van der Waals surface area contributed by atoms with Crippen LogP contribution < -0.4 is 9.64 Å². The average molecular weight is 599 g/mol. The van der Waals surface area contributed by atoms with E-state index in [1.807, 2.05) is 105 Å². The van der Waals surface area contributed by atoms with Crippen LogP contribution in [-0.2, 0) is 21.7 Å². The molecule has 0 bridgehead atoms. The number of rotatable bonds is 9. The van der Waals surface area contributed by atoms with E-state index >= 15 is 0 Å². The number of ether oxygens (including phenoxy) is 2. The van der Waals surface area contributed by atoms with Crippen LogP contribution >= 0.6 is 0 Å². The number of amides is 1. The van der Waals surface area contributed by atoms with Gasteiger partial charge in [-0.3, -0.25) is 14.4 Å². The molecule has 1 saturated heterocycles. The molecule has 0 saturated carbocycles. The van der Waals surface area contributed by atoms with Crippen molar-refractivity contribution in [3.8, 4) is 5.75 Å². The first-order valence-corrected chi connectivity index (χ1v) is 17.8. The van der Waals surface area contributed by atoms with Crippen LogP contribution in [0.1, 0.15) is 36.1 Å². The van der Waals surface area contributed by atoms with E-state index in [1.54, 1.807) is 16.7 Å². The standard InChI is InChI=1S/C33H38N4O5Si/c1-22-31(43(3,4)40)30(17-18-36-20-28(34-35-36)26(21-38)23-11-7-5-8-12-23)42-33(22)27-19-25(41-2)15-16-29(27)37(32(33)39)24-13-9-6-10-14-24/h5-16,19-20,22,26,30-31,38,40H,17-18,21H2,1-4H3/t22-,26?,30+,31-,33+/m1/s1. The summed E-state index contributed by atoms with van der Waals surface area (Å²) in [7, 11) is -1.21. The third kappa shape index (κ3) is 4.98. The second-order valence-electron chi connectivity index (χ2n) is 12.1. The lowest BCUT2D eigenvalue weighted by Gasteiger charge is -2.32. The zero-order chi connectivity index (χ0) is 30.4. The maximum Gasteiger partial charge on any atom is 0.268 e. The lowest BCUT2D eigenvalue weighted by molar-refractivity contribution is -0.145. The van der Waals surface area contributed by atoms with Crippen LogP contribution in [0.5, 0.6) is 5.75 Å². The van der Waals surface area contributed by atoms with Crippen molar-refractivity contribution in [2.75, 3.05) is 18.6 Å². The van der Waals surface area contributed by atoms with Crippen molar-refractivity contribution in [2.24, 2.45) is 5.92 Å². The summed E-state index contributed by atoms with van der Waals surface area (Å²) in [5.74, 6) is -0.0792. The summed E-state index contributed by atoms with van der Waals surface area (Å²) < 4.78 is 14.3. The summed E-state index contributed by atoms with van der Waals surface area (Å²) in [5, 5.41) is 18.8. The van der Waals surface area contributed by atoms with Crippen molar-refractivity contribution in [3.05, 3.63) is 102 Å². The van der Waals surface area contributed by atoms with Crippen LogP contribution in [0.25, 0.3) is 0 Å². The molecule has 1 aromatic heterocycles. The summed E-state index contributed by atoms with van der Waals surface area (Å²) in [5.41, 5.74) is 2.45. The summed E-state index contributed by atoms with van der Waals surface area (Å²) in [6.07, 6.45) is 2.00. The summed E-state index contributed by atoms with van der Waals surface area (Å²) in [6, 6.07) is 25.0. The number of aliphatic hydroxyl groups is 1. The maximum absolute atomic E-state index is 14.6. The normalized spacial score (nSPS) is 24.0. The number of carbonyl (C=O) groups is 1. The topological polar surface area (TPSA) is 110 Å². The molecule has 0 aliphatic carbocycles. The van der Waals surface area contributed by atoms with Gasteiger partial charge in [-0.2, -0.15) is 0 Å². The van der Waals surface area contributed by atoms with E-state index in [4.69, 9.17) is 9.47 Å². The maximum atomic E-state index is 14.6. The van der Waals surface area contributed by atoms with E-state index in [9.17, 15) is 14.7 Å². The largest absolute Gasteiger partial charge is 0.497 e. The van der Waals surface area contributed by atoms with Gasteiger partial charge in [-0.05, 0) is 55.4 Å². The fraction of sp³-hybridized carbons (Fsp3) is 0.364. The Balaban J connectivity index is 1.33.